The van der Waals surface area contributed by atoms with E-state index in [-0.39, 0.29) is 11.3 Å². The molecule has 4 aromatic rings. The lowest BCUT2D eigenvalue weighted by atomic mass is 10.1. The zero-order valence-electron chi connectivity index (χ0n) is 19.9. The number of benzene rings is 3. The van der Waals surface area contributed by atoms with Crippen molar-refractivity contribution in [3.63, 3.8) is 0 Å². The van der Waals surface area contributed by atoms with E-state index in [9.17, 15) is 14.9 Å². The quantitative estimate of drug-likeness (QED) is 0.167. The van der Waals surface area contributed by atoms with Crippen LogP contribution < -0.4 is 5.32 Å². The molecular formula is C26H24ClN5O3S. The molecular weight excluding hydrogens is 498 g/mol. The molecule has 4 rings (SSSR count). The molecule has 0 aliphatic rings. The molecule has 36 heavy (non-hydrogen) atoms. The number of hydrogen-bond donors (Lipinski definition) is 1. The first-order valence-corrected chi connectivity index (χ1v) is 12.5. The number of aromatic nitrogens is 3. The molecule has 10 heteroatoms. The predicted molar refractivity (Wildman–Crippen MR) is 141 cm³/mol. The molecule has 1 aromatic heterocycles. The van der Waals surface area contributed by atoms with Gasteiger partial charge in [0.15, 0.2) is 11.0 Å². The monoisotopic (exact) mass is 521 g/mol. The van der Waals surface area contributed by atoms with Crippen molar-refractivity contribution in [2.45, 2.75) is 37.7 Å². The van der Waals surface area contributed by atoms with Gasteiger partial charge in [0.2, 0.25) is 0 Å². The Morgan fingerprint density at radius 1 is 1.11 bits per heavy atom. The number of rotatable bonds is 8. The second-order valence-electron chi connectivity index (χ2n) is 8.39. The topological polar surface area (TPSA) is 103 Å². The Balaban J connectivity index is 1.66. The summed E-state index contributed by atoms with van der Waals surface area (Å²) in [6.45, 7) is 5.82. The maximum atomic E-state index is 12.9. The van der Waals surface area contributed by atoms with Gasteiger partial charge in [0.25, 0.3) is 11.6 Å². The molecule has 0 aliphatic heterocycles. The molecule has 0 spiro atoms. The number of aryl methyl sites for hydroxylation is 2. The molecule has 1 heterocycles. The standard InChI is InChI=1S/C26H24ClN5O3S/c1-16-6-4-7-19(12-16)15-36-26-30-29-24(31(26)23-14-21(27)11-10-17(23)2)18(3)28-25(33)20-8-5-9-22(13-20)32(34)35/h4-14,18H,15H2,1-3H3,(H,28,33). The number of amides is 1. The van der Waals surface area contributed by atoms with Gasteiger partial charge in [-0.25, -0.2) is 0 Å². The number of carbonyl (C=O) groups is 1. The molecule has 1 unspecified atom stereocenters. The van der Waals surface area contributed by atoms with Crippen molar-refractivity contribution in [3.05, 3.63) is 110 Å². The molecule has 184 valence electrons. The Morgan fingerprint density at radius 3 is 2.64 bits per heavy atom. The number of thioether (sulfide) groups is 1. The molecule has 3 aromatic carbocycles. The van der Waals surface area contributed by atoms with Gasteiger partial charge in [-0.3, -0.25) is 19.5 Å². The van der Waals surface area contributed by atoms with E-state index >= 15 is 0 Å². The average molecular weight is 522 g/mol. The summed E-state index contributed by atoms with van der Waals surface area (Å²) >= 11 is 7.86. The van der Waals surface area contributed by atoms with Crippen molar-refractivity contribution in [1.29, 1.82) is 0 Å². The van der Waals surface area contributed by atoms with Gasteiger partial charge in [0.05, 0.1) is 16.7 Å². The van der Waals surface area contributed by atoms with Crippen molar-refractivity contribution >= 4 is 35.0 Å². The normalized spacial score (nSPS) is 11.8. The number of nitro benzene ring substituents is 1. The van der Waals surface area contributed by atoms with E-state index in [1.54, 1.807) is 6.92 Å². The number of nitrogens with one attached hydrogen (secondary N) is 1. The van der Waals surface area contributed by atoms with Crippen LogP contribution in [0.15, 0.2) is 71.9 Å². The fourth-order valence-electron chi connectivity index (χ4n) is 3.76. The number of nitro groups is 1. The highest BCUT2D eigenvalue weighted by Crippen LogP contribution is 2.30. The third-order valence-electron chi connectivity index (χ3n) is 5.57. The van der Waals surface area contributed by atoms with Gasteiger partial charge in [0, 0.05) is 28.5 Å². The Labute approximate surface area is 217 Å². The highest BCUT2D eigenvalue weighted by atomic mass is 35.5. The van der Waals surface area contributed by atoms with Crippen molar-refractivity contribution in [3.8, 4) is 5.69 Å². The second-order valence-corrected chi connectivity index (χ2v) is 9.77. The largest absolute Gasteiger partial charge is 0.342 e. The van der Waals surface area contributed by atoms with Gasteiger partial charge < -0.3 is 5.32 Å². The summed E-state index contributed by atoms with van der Waals surface area (Å²) in [5.41, 5.74) is 4.16. The summed E-state index contributed by atoms with van der Waals surface area (Å²) in [5.74, 6) is 0.761. The molecule has 0 aliphatic carbocycles. The lowest BCUT2D eigenvalue weighted by Gasteiger charge is -2.18. The Hall–Kier alpha value is -3.69. The van der Waals surface area contributed by atoms with Gasteiger partial charge >= 0.3 is 0 Å². The summed E-state index contributed by atoms with van der Waals surface area (Å²) < 4.78 is 1.90. The molecule has 1 atom stereocenters. The van der Waals surface area contributed by atoms with Gasteiger partial charge in [0.1, 0.15) is 0 Å². The van der Waals surface area contributed by atoms with E-state index in [1.165, 1.54) is 41.6 Å². The van der Waals surface area contributed by atoms with E-state index in [2.05, 4.69) is 40.6 Å². The van der Waals surface area contributed by atoms with Crippen LogP contribution in [0.5, 0.6) is 0 Å². The third kappa shape index (κ3) is 5.75. The molecule has 0 radical (unpaired) electrons. The van der Waals surface area contributed by atoms with Crippen LogP contribution >= 0.6 is 23.4 Å². The number of carbonyl (C=O) groups excluding carboxylic acids is 1. The maximum absolute atomic E-state index is 12.9. The maximum Gasteiger partial charge on any atom is 0.270 e. The zero-order valence-corrected chi connectivity index (χ0v) is 21.5. The molecule has 0 saturated heterocycles. The lowest BCUT2D eigenvalue weighted by molar-refractivity contribution is -0.384. The fourth-order valence-corrected chi connectivity index (χ4v) is 4.82. The summed E-state index contributed by atoms with van der Waals surface area (Å²) in [6.07, 6.45) is 0. The Morgan fingerprint density at radius 2 is 1.89 bits per heavy atom. The van der Waals surface area contributed by atoms with E-state index in [0.717, 1.165) is 16.8 Å². The minimum Gasteiger partial charge on any atom is -0.342 e. The van der Waals surface area contributed by atoms with Gasteiger partial charge in [-0.15, -0.1) is 10.2 Å². The SMILES string of the molecule is Cc1cccc(CSc2nnc(C(C)NC(=O)c3cccc([N+](=O)[O-])c3)n2-c2cc(Cl)ccc2C)c1. The van der Waals surface area contributed by atoms with Gasteiger partial charge in [-0.2, -0.15) is 0 Å². The Bertz CT molecular complexity index is 1440. The number of non-ortho nitro benzene ring substituents is 1. The first-order chi connectivity index (χ1) is 17.2. The number of hydrogen-bond acceptors (Lipinski definition) is 6. The molecule has 1 N–H and O–H groups in total. The molecule has 8 nitrogen and oxygen atoms in total. The lowest BCUT2D eigenvalue weighted by Crippen LogP contribution is -2.28. The summed E-state index contributed by atoms with van der Waals surface area (Å²) in [5, 5.41) is 24.1. The van der Waals surface area contributed by atoms with Crippen LogP contribution in [0.3, 0.4) is 0 Å². The minimum atomic E-state index is -0.545. The summed E-state index contributed by atoms with van der Waals surface area (Å²) in [4.78, 5) is 23.5. The average Bonchev–Trinajstić information content (AvgIpc) is 3.28. The van der Waals surface area contributed by atoms with Gasteiger partial charge in [-0.1, -0.05) is 65.3 Å². The van der Waals surface area contributed by atoms with E-state index in [0.29, 0.717) is 21.8 Å². The number of halogens is 1. The molecule has 0 fully saturated rings. The summed E-state index contributed by atoms with van der Waals surface area (Å²) in [6, 6.07) is 18.9. The van der Waals surface area contributed by atoms with Crippen LogP contribution in [0.25, 0.3) is 5.69 Å². The van der Waals surface area contributed by atoms with Gasteiger partial charge in [-0.05, 0) is 50.1 Å². The van der Waals surface area contributed by atoms with Crippen LogP contribution in [0.4, 0.5) is 5.69 Å². The van der Waals surface area contributed by atoms with Crippen molar-refractivity contribution in [2.24, 2.45) is 0 Å². The van der Waals surface area contributed by atoms with Crippen molar-refractivity contribution in [1.82, 2.24) is 20.1 Å². The zero-order chi connectivity index (χ0) is 25.8. The van der Waals surface area contributed by atoms with E-state index in [1.807, 2.05) is 35.8 Å². The van der Waals surface area contributed by atoms with Crippen LogP contribution in [0, 0.1) is 24.0 Å². The molecule has 0 bridgehead atoms. The fraction of sp³-hybridized carbons (Fsp3) is 0.192. The van der Waals surface area contributed by atoms with E-state index in [4.69, 9.17) is 11.6 Å². The predicted octanol–water partition coefficient (Wildman–Crippen LogP) is 6.23. The van der Waals surface area contributed by atoms with Crippen molar-refractivity contribution < 1.29 is 9.72 Å². The summed E-state index contributed by atoms with van der Waals surface area (Å²) in [7, 11) is 0. The van der Waals surface area contributed by atoms with Crippen molar-refractivity contribution in [2.75, 3.05) is 0 Å². The Kier molecular flexibility index (Phi) is 7.71. The minimum absolute atomic E-state index is 0.150. The first kappa shape index (κ1) is 25.4. The number of nitrogens with zero attached hydrogens (tertiary/aromatic N) is 4. The second kappa shape index (κ2) is 10.9. The highest BCUT2D eigenvalue weighted by molar-refractivity contribution is 7.98. The highest BCUT2D eigenvalue weighted by Gasteiger charge is 2.23. The molecule has 0 saturated carbocycles. The van der Waals surface area contributed by atoms with Crippen LogP contribution in [0.1, 0.15) is 45.8 Å². The van der Waals surface area contributed by atoms with Crippen LogP contribution in [-0.4, -0.2) is 25.6 Å². The van der Waals surface area contributed by atoms with Crippen LogP contribution in [-0.2, 0) is 5.75 Å². The van der Waals surface area contributed by atoms with E-state index < -0.39 is 16.9 Å². The smallest absolute Gasteiger partial charge is 0.270 e. The first-order valence-electron chi connectivity index (χ1n) is 11.2. The third-order valence-corrected chi connectivity index (χ3v) is 6.81. The van der Waals surface area contributed by atoms with Crippen LogP contribution in [0.2, 0.25) is 5.02 Å². The molecule has 1 amide bonds.